The van der Waals surface area contributed by atoms with Gasteiger partial charge in [-0.3, -0.25) is 9.69 Å². The van der Waals surface area contributed by atoms with E-state index < -0.39 is 5.97 Å². The lowest BCUT2D eigenvalue weighted by molar-refractivity contribution is -0.144. The van der Waals surface area contributed by atoms with Crippen LogP contribution in [0, 0.1) is 0 Å². The maximum absolute atomic E-state index is 11.0. The standard InChI is InChI=1S/C11H21NO2/c1-2-3-5-8-12-9-6-4-7-10(12)11(13)14/h10H,2-9H2,1H3,(H,13,14). The molecule has 1 saturated heterocycles. The summed E-state index contributed by atoms with van der Waals surface area (Å²) in [5.74, 6) is -0.638. The zero-order chi connectivity index (χ0) is 10.4. The number of likely N-dealkylation sites (tertiary alicyclic amines) is 1. The van der Waals surface area contributed by atoms with E-state index in [0.717, 1.165) is 38.8 Å². The minimum Gasteiger partial charge on any atom is -0.480 e. The summed E-state index contributed by atoms with van der Waals surface area (Å²) in [6, 6.07) is -0.208. The fourth-order valence-electron chi connectivity index (χ4n) is 2.10. The maximum atomic E-state index is 11.0. The molecule has 14 heavy (non-hydrogen) atoms. The quantitative estimate of drug-likeness (QED) is 0.689. The van der Waals surface area contributed by atoms with Crippen LogP contribution in [-0.2, 0) is 4.79 Å². The molecule has 1 atom stereocenters. The molecule has 1 N–H and O–H groups in total. The van der Waals surface area contributed by atoms with Crippen molar-refractivity contribution >= 4 is 5.97 Å². The highest BCUT2D eigenvalue weighted by Gasteiger charge is 2.27. The van der Waals surface area contributed by atoms with E-state index in [9.17, 15) is 4.79 Å². The van der Waals surface area contributed by atoms with E-state index in [1.54, 1.807) is 0 Å². The first-order chi connectivity index (χ1) is 6.75. The highest BCUT2D eigenvalue weighted by atomic mass is 16.4. The first kappa shape index (κ1) is 11.5. The van der Waals surface area contributed by atoms with Gasteiger partial charge in [0.15, 0.2) is 0 Å². The van der Waals surface area contributed by atoms with Crippen molar-refractivity contribution in [3.63, 3.8) is 0 Å². The first-order valence-corrected chi connectivity index (χ1v) is 5.72. The summed E-state index contributed by atoms with van der Waals surface area (Å²) in [5, 5.41) is 9.02. The largest absolute Gasteiger partial charge is 0.480 e. The van der Waals surface area contributed by atoms with Gasteiger partial charge < -0.3 is 5.11 Å². The van der Waals surface area contributed by atoms with Gasteiger partial charge in [0.2, 0.25) is 0 Å². The van der Waals surface area contributed by atoms with Crippen LogP contribution in [0.2, 0.25) is 0 Å². The SMILES string of the molecule is CCCCCN1CCCCC1C(=O)O. The Kier molecular flexibility index (Phi) is 4.94. The zero-order valence-corrected chi connectivity index (χ0v) is 9.04. The molecule has 0 aliphatic carbocycles. The molecule has 0 radical (unpaired) electrons. The molecule has 3 nitrogen and oxygen atoms in total. The van der Waals surface area contributed by atoms with Crippen molar-refractivity contribution in [2.45, 2.75) is 51.5 Å². The molecule has 0 aromatic heterocycles. The molecule has 1 aliphatic heterocycles. The molecule has 3 heteroatoms. The molecule has 0 bridgehead atoms. The van der Waals surface area contributed by atoms with Gasteiger partial charge in [0.1, 0.15) is 6.04 Å². The van der Waals surface area contributed by atoms with E-state index in [2.05, 4.69) is 11.8 Å². The van der Waals surface area contributed by atoms with Gasteiger partial charge in [0.05, 0.1) is 0 Å². The molecule has 0 spiro atoms. The van der Waals surface area contributed by atoms with Gasteiger partial charge in [-0.2, -0.15) is 0 Å². The Labute approximate surface area is 86.1 Å². The van der Waals surface area contributed by atoms with Crippen LogP contribution in [0.25, 0.3) is 0 Å². The van der Waals surface area contributed by atoms with Crippen LogP contribution in [0.1, 0.15) is 45.4 Å². The lowest BCUT2D eigenvalue weighted by Crippen LogP contribution is -2.44. The third-order valence-corrected chi connectivity index (χ3v) is 2.95. The minimum atomic E-state index is -0.638. The number of aliphatic carboxylic acids is 1. The molecule has 0 aromatic carbocycles. The van der Waals surface area contributed by atoms with Gasteiger partial charge in [0, 0.05) is 0 Å². The van der Waals surface area contributed by atoms with Gasteiger partial charge >= 0.3 is 5.97 Å². The molecule has 0 aromatic rings. The Balaban J connectivity index is 2.34. The average Bonchev–Trinajstić information content (AvgIpc) is 2.19. The summed E-state index contributed by atoms with van der Waals surface area (Å²) in [4.78, 5) is 13.1. The highest BCUT2D eigenvalue weighted by molar-refractivity contribution is 5.73. The predicted molar refractivity (Wildman–Crippen MR) is 56.4 cm³/mol. The van der Waals surface area contributed by atoms with E-state index in [4.69, 9.17) is 5.11 Å². The van der Waals surface area contributed by atoms with E-state index >= 15 is 0 Å². The van der Waals surface area contributed by atoms with Crippen LogP contribution in [0.5, 0.6) is 0 Å². The Morgan fingerprint density at radius 1 is 1.43 bits per heavy atom. The monoisotopic (exact) mass is 199 g/mol. The van der Waals surface area contributed by atoms with Crippen molar-refractivity contribution in [3.8, 4) is 0 Å². The summed E-state index contributed by atoms with van der Waals surface area (Å²) in [6.45, 7) is 4.11. The van der Waals surface area contributed by atoms with Crippen molar-refractivity contribution in [1.29, 1.82) is 0 Å². The summed E-state index contributed by atoms with van der Waals surface area (Å²) >= 11 is 0. The molecule has 1 rings (SSSR count). The average molecular weight is 199 g/mol. The van der Waals surface area contributed by atoms with Crippen LogP contribution >= 0.6 is 0 Å². The minimum absolute atomic E-state index is 0.208. The number of hydrogen-bond acceptors (Lipinski definition) is 2. The Morgan fingerprint density at radius 2 is 2.21 bits per heavy atom. The number of unbranched alkanes of at least 4 members (excludes halogenated alkanes) is 2. The Bertz CT molecular complexity index is 182. The second-order valence-corrected chi connectivity index (χ2v) is 4.09. The third kappa shape index (κ3) is 3.29. The van der Waals surface area contributed by atoms with Gasteiger partial charge in [-0.05, 0) is 32.4 Å². The molecule has 0 amide bonds. The van der Waals surface area contributed by atoms with Crippen LogP contribution in [-0.4, -0.2) is 35.1 Å². The lowest BCUT2D eigenvalue weighted by atomic mass is 10.0. The van der Waals surface area contributed by atoms with Crippen molar-refractivity contribution in [1.82, 2.24) is 4.90 Å². The van der Waals surface area contributed by atoms with E-state index in [1.807, 2.05) is 0 Å². The number of nitrogens with zero attached hydrogens (tertiary/aromatic N) is 1. The summed E-state index contributed by atoms with van der Waals surface area (Å²) < 4.78 is 0. The van der Waals surface area contributed by atoms with Crippen LogP contribution in [0.15, 0.2) is 0 Å². The highest BCUT2D eigenvalue weighted by Crippen LogP contribution is 2.17. The second-order valence-electron chi connectivity index (χ2n) is 4.09. The molecular formula is C11H21NO2. The normalized spacial score (nSPS) is 23.6. The summed E-state index contributed by atoms with van der Waals surface area (Å²) in [7, 11) is 0. The molecule has 1 unspecified atom stereocenters. The van der Waals surface area contributed by atoms with E-state index in [0.29, 0.717) is 0 Å². The van der Waals surface area contributed by atoms with Crippen molar-refractivity contribution in [3.05, 3.63) is 0 Å². The Hall–Kier alpha value is -0.570. The molecule has 1 aliphatic rings. The molecule has 0 saturated carbocycles. The molecule has 1 heterocycles. The number of rotatable bonds is 5. The lowest BCUT2D eigenvalue weighted by Gasteiger charge is -2.32. The van der Waals surface area contributed by atoms with Crippen LogP contribution < -0.4 is 0 Å². The van der Waals surface area contributed by atoms with Gasteiger partial charge in [-0.15, -0.1) is 0 Å². The van der Waals surface area contributed by atoms with E-state index in [-0.39, 0.29) is 6.04 Å². The number of carboxylic acids is 1. The maximum Gasteiger partial charge on any atom is 0.320 e. The molecular weight excluding hydrogens is 178 g/mol. The van der Waals surface area contributed by atoms with Gasteiger partial charge in [0.25, 0.3) is 0 Å². The van der Waals surface area contributed by atoms with Gasteiger partial charge in [-0.1, -0.05) is 26.2 Å². The van der Waals surface area contributed by atoms with Crippen molar-refractivity contribution in [2.24, 2.45) is 0 Å². The smallest absolute Gasteiger partial charge is 0.320 e. The number of carbonyl (C=O) groups is 1. The van der Waals surface area contributed by atoms with Crippen molar-refractivity contribution < 1.29 is 9.90 Å². The number of piperidine rings is 1. The topological polar surface area (TPSA) is 40.5 Å². The predicted octanol–water partition coefficient (Wildman–Crippen LogP) is 2.12. The Morgan fingerprint density at radius 3 is 2.86 bits per heavy atom. The fourth-order valence-corrected chi connectivity index (χ4v) is 2.10. The first-order valence-electron chi connectivity index (χ1n) is 5.72. The van der Waals surface area contributed by atoms with Crippen LogP contribution in [0.4, 0.5) is 0 Å². The fraction of sp³-hybridized carbons (Fsp3) is 0.909. The van der Waals surface area contributed by atoms with Gasteiger partial charge in [-0.25, -0.2) is 0 Å². The van der Waals surface area contributed by atoms with Crippen molar-refractivity contribution in [2.75, 3.05) is 13.1 Å². The number of hydrogen-bond donors (Lipinski definition) is 1. The second kappa shape index (κ2) is 6.02. The summed E-state index contributed by atoms with van der Waals surface area (Å²) in [6.07, 6.45) is 6.62. The van der Waals surface area contributed by atoms with E-state index in [1.165, 1.54) is 12.8 Å². The molecule has 1 fully saturated rings. The number of carboxylic acid groups (broad SMARTS) is 1. The third-order valence-electron chi connectivity index (χ3n) is 2.95. The van der Waals surface area contributed by atoms with Crippen LogP contribution in [0.3, 0.4) is 0 Å². The zero-order valence-electron chi connectivity index (χ0n) is 9.04. The summed E-state index contributed by atoms with van der Waals surface area (Å²) in [5.41, 5.74) is 0. The molecule has 82 valence electrons.